The van der Waals surface area contributed by atoms with E-state index in [2.05, 4.69) is 4.74 Å². The van der Waals surface area contributed by atoms with Gasteiger partial charge in [0.25, 0.3) is 11.7 Å². The summed E-state index contributed by atoms with van der Waals surface area (Å²) in [4.78, 5) is 27.4. The number of aliphatic hydroxyl groups excluding tert-OH is 1. The van der Waals surface area contributed by atoms with Gasteiger partial charge in [-0.1, -0.05) is 42.0 Å². The van der Waals surface area contributed by atoms with Gasteiger partial charge in [-0.25, -0.2) is 0 Å². The average molecular weight is 483 g/mol. The van der Waals surface area contributed by atoms with Crippen molar-refractivity contribution < 1.29 is 37.3 Å². The molecule has 1 N–H and O–H groups in total. The molecule has 1 heterocycles. The minimum absolute atomic E-state index is 0.139. The van der Waals surface area contributed by atoms with Crippen LogP contribution in [0.1, 0.15) is 22.7 Å². The highest BCUT2D eigenvalue weighted by atomic mass is 19.4. The second kappa shape index (κ2) is 9.17. The number of rotatable bonds is 5. The molecule has 0 saturated carbocycles. The Morgan fingerprint density at radius 3 is 2.00 bits per heavy atom. The number of ketones is 1. The second-order valence-electron chi connectivity index (χ2n) is 7.85. The van der Waals surface area contributed by atoms with E-state index >= 15 is 0 Å². The minimum Gasteiger partial charge on any atom is -0.507 e. The van der Waals surface area contributed by atoms with Gasteiger partial charge in [-0.2, -0.15) is 0 Å². The van der Waals surface area contributed by atoms with Crippen LogP contribution in [-0.4, -0.2) is 30.3 Å². The fourth-order valence-electron chi connectivity index (χ4n) is 3.88. The summed E-state index contributed by atoms with van der Waals surface area (Å²) in [5, 5.41) is 11.1. The van der Waals surface area contributed by atoms with Crippen LogP contribution >= 0.6 is 0 Å². The average Bonchev–Trinajstić information content (AvgIpc) is 3.09. The lowest BCUT2D eigenvalue weighted by atomic mass is 9.95. The molecule has 4 rings (SSSR count). The number of carbonyl (C=O) groups is 2. The number of carbonyl (C=O) groups excluding carboxylic acids is 2. The number of anilines is 1. The molecule has 3 aromatic carbocycles. The number of methoxy groups -OCH3 is 1. The Hall–Kier alpha value is -4.27. The number of aryl methyl sites for hydroxylation is 1. The molecule has 1 aliphatic rings. The van der Waals surface area contributed by atoms with Crippen molar-refractivity contribution in [3.63, 3.8) is 0 Å². The van der Waals surface area contributed by atoms with Gasteiger partial charge in [0.15, 0.2) is 0 Å². The Balaban J connectivity index is 1.84. The molecule has 180 valence electrons. The summed E-state index contributed by atoms with van der Waals surface area (Å²) in [7, 11) is 1.49. The van der Waals surface area contributed by atoms with E-state index in [1.54, 1.807) is 48.5 Å². The number of halogens is 3. The summed E-state index contributed by atoms with van der Waals surface area (Å²) in [5.41, 5.74) is 1.80. The van der Waals surface area contributed by atoms with Crippen LogP contribution in [0.25, 0.3) is 5.76 Å². The van der Waals surface area contributed by atoms with Gasteiger partial charge in [-0.3, -0.25) is 14.5 Å². The van der Waals surface area contributed by atoms with E-state index in [0.717, 1.165) is 22.6 Å². The first-order chi connectivity index (χ1) is 16.6. The summed E-state index contributed by atoms with van der Waals surface area (Å²) < 4.78 is 46.7. The van der Waals surface area contributed by atoms with Crippen molar-refractivity contribution in [3.8, 4) is 11.5 Å². The summed E-state index contributed by atoms with van der Waals surface area (Å²) in [6.07, 6.45) is -4.87. The number of Topliss-reactive ketones (excluding diaryl/α,β-unsaturated/α-hetero) is 1. The SMILES string of the molecule is COc1ccc(C2/C(=C(\O)c3ccc(C)cc3)C(=O)C(=O)N2c2ccc(OC(F)(F)F)cc2)cc1. The van der Waals surface area contributed by atoms with Crippen LogP contribution in [0.2, 0.25) is 0 Å². The Morgan fingerprint density at radius 1 is 0.886 bits per heavy atom. The molecule has 0 aliphatic carbocycles. The maximum atomic E-state index is 13.1. The van der Waals surface area contributed by atoms with Gasteiger partial charge in [-0.05, 0) is 48.9 Å². The molecule has 9 heteroatoms. The number of hydrogen-bond donors (Lipinski definition) is 1. The normalized spacial score (nSPS) is 17.5. The molecule has 0 radical (unpaired) electrons. The van der Waals surface area contributed by atoms with E-state index in [1.807, 2.05) is 6.92 Å². The van der Waals surface area contributed by atoms with Gasteiger partial charge in [0, 0.05) is 11.3 Å². The lowest BCUT2D eigenvalue weighted by Crippen LogP contribution is -2.29. The summed E-state index contributed by atoms with van der Waals surface area (Å²) in [6, 6.07) is 16.9. The Morgan fingerprint density at radius 2 is 1.46 bits per heavy atom. The van der Waals surface area contributed by atoms with E-state index in [9.17, 15) is 27.9 Å². The number of hydrogen-bond acceptors (Lipinski definition) is 5. The van der Waals surface area contributed by atoms with Crippen LogP contribution in [0.15, 0.2) is 78.4 Å². The second-order valence-corrected chi connectivity index (χ2v) is 7.85. The lowest BCUT2D eigenvalue weighted by Gasteiger charge is -2.25. The first-order valence-electron chi connectivity index (χ1n) is 10.5. The standard InChI is InChI=1S/C26H20F3NO5/c1-15-3-5-17(6-4-15)23(31)21-22(16-7-11-19(34-2)12-8-16)30(25(33)24(21)32)18-9-13-20(14-10-18)35-26(27,28)29/h3-14,22,31H,1-2H3/b23-21+. The zero-order valence-electron chi connectivity index (χ0n) is 18.7. The quantitative estimate of drug-likeness (QED) is 0.294. The molecule has 1 fully saturated rings. The van der Waals surface area contributed by atoms with Crippen LogP contribution in [0.5, 0.6) is 11.5 Å². The molecule has 1 unspecified atom stereocenters. The van der Waals surface area contributed by atoms with Crippen molar-refractivity contribution in [3.05, 3.63) is 95.1 Å². The van der Waals surface area contributed by atoms with Gasteiger partial charge in [0.1, 0.15) is 17.3 Å². The van der Waals surface area contributed by atoms with Gasteiger partial charge < -0.3 is 14.6 Å². The number of alkyl halides is 3. The van der Waals surface area contributed by atoms with E-state index in [0.29, 0.717) is 16.9 Å². The summed E-state index contributed by atoms with van der Waals surface area (Å²) in [5.74, 6) is -2.14. The molecule has 1 amide bonds. The Labute approximate surface area is 198 Å². The van der Waals surface area contributed by atoms with Crippen LogP contribution in [0.4, 0.5) is 18.9 Å². The van der Waals surface area contributed by atoms with Gasteiger partial charge in [-0.15, -0.1) is 13.2 Å². The van der Waals surface area contributed by atoms with Gasteiger partial charge in [0.2, 0.25) is 0 Å². The number of aliphatic hydroxyl groups is 1. The van der Waals surface area contributed by atoms with Crippen molar-refractivity contribution in [2.24, 2.45) is 0 Å². The predicted molar refractivity (Wildman–Crippen MR) is 122 cm³/mol. The van der Waals surface area contributed by atoms with Crippen LogP contribution in [0.3, 0.4) is 0 Å². The Kier molecular flexibility index (Phi) is 6.26. The van der Waals surface area contributed by atoms with Gasteiger partial charge in [0.05, 0.1) is 18.7 Å². The molecular formula is C26H20F3NO5. The van der Waals surface area contributed by atoms with Crippen LogP contribution < -0.4 is 14.4 Å². The molecule has 0 bridgehead atoms. The molecule has 6 nitrogen and oxygen atoms in total. The molecule has 1 saturated heterocycles. The van der Waals surface area contributed by atoms with Crippen molar-refractivity contribution >= 4 is 23.1 Å². The minimum atomic E-state index is -4.87. The largest absolute Gasteiger partial charge is 0.573 e. The highest BCUT2D eigenvalue weighted by Gasteiger charge is 2.47. The molecular weight excluding hydrogens is 463 g/mol. The summed E-state index contributed by atoms with van der Waals surface area (Å²) >= 11 is 0. The molecule has 0 aromatic heterocycles. The van der Waals surface area contributed by atoms with E-state index < -0.39 is 29.8 Å². The van der Waals surface area contributed by atoms with Crippen molar-refractivity contribution in [2.45, 2.75) is 19.3 Å². The third kappa shape index (κ3) is 4.84. The lowest BCUT2D eigenvalue weighted by molar-refractivity contribution is -0.274. The number of ether oxygens (including phenoxy) is 2. The first-order valence-corrected chi connectivity index (χ1v) is 10.5. The molecule has 1 aliphatic heterocycles. The highest BCUT2D eigenvalue weighted by molar-refractivity contribution is 6.51. The van der Waals surface area contributed by atoms with Gasteiger partial charge >= 0.3 is 6.36 Å². The maximum absolute atomic E-state index is 13.1. The van der Waals surface area contributed by atoms with Crippen LogP contribution in [-0.2, 0) is 9.59 Å². The van der Waals surface area contributed by atoms with E-state index in [4.69, 9.17) is 4.74 Å². The molecule has 1 atom stereocenters. The topological polar surface area (TPSA) is 76.1 Å². The number of amides is 1. The summed E-state index contributed by atoms with van der Waals surface area (Å²) in [6.45, 7) is 1.87. The first kappa shape index (κ1) is 23.9. The van der Waals surface area contributed by atoms with Crippen LogP contribution in [0, 0.1) is 6.92 Å². The molecule has 3 aromatic rings. The third-order valence-corrected chi connectivity index (χ3v) is 5.55. The van der Waals surface area contributed by atoms with Crippen molar-refractivity contribution in [1.29, 1.82) is 0 Å². The maximum Gasteiger partial charge on any atom is 0.573 e. The smallest absolute Gasteiger partial charge is 0.507 e. The van der Waals surface area contributed by atoms with E-state index in [1.165, 1.54) is 19.2 Å². The highest BCUT2D eigenvalue weighted by Crippen LogP contribution is 2.43. The number of nitrogens with zero attached hydrogens (tertiary/aromatic N) is 1. The predicted octanol–water partition coefficient (Wildman–Crippen LogP) is 5.53. The zero-order chi connectivity index (χ0) is 25.3. The Bertz CT molecular complexity index is 1280. The monoisotopic (exact) mass is 483 g/mol. The zero-order valence-corrected chi connectivity index (χ0v) is 18.7. The molecule has 0 spiro atoms. The molecule has 35 heavy (non-hydrogen) atoms. The number of benzene rings is 3. The fourth-order valence-corrected chi connectivity index (χ4v) is 3.88. The van der Waals surface area contributed by atoms with E-state index in [-0.39, 0.29) is 17.0 Å². The van der Waals surface area contributed by atoms with Crippen molar-refractivity contribution in [2.75, 3.05) is 12.0 Å². The van der Waals surface area contributed by atoms with Crippen molar-refractivity contribution in [1.82, 2.24) is 0 Å². The third-order valence-electron chi connectivity index (χ3n) is 5.55. The fraction of sp³-hybridized carbons (Fsp3) is 0.154.